The molecule has 3 N–H and O–H groups in total. The summed E-state index contributed by atoms with van der Waals surface area (Å²) in [7, 11) is 0. The number of aromatic amines is 1. The Morgan fingerprint density at radius 2 is 1.50 bits per heavy atom. The second-order valence-electron chi connectivity index (χ2n) is 7.68. The number of ether oxygens (including phenoxy) is 2. The smallest absolute Gasteiger partial charge is 0.356 e. The number of nitrogens with two attached hydrogens (primary N) is 1. The molecule has 2 rings (SSSR count). The summed E-state index contributed by atoms with van der Waals surface area (Å²) in [4.78, 5) is 28.1. The SMILES string of the molecule is CC(C)(C)OC(=O)c1[nH]c2ccc(N)cc2c1C(=O)OC(C)(C)C. The molecule has 1 aromatic carbocycles. The van der Waals surface area contributed by atoms with Gasteiger partial charge in [0.1, 0.15) is 16.9 Å². The molecule has 0 bridgehead atoms. The Bertz CT molecular complexity index is 792. The summed E-state index contributed by atoms with van der Waals surface area (Å²) in [5.41, 5.74) is 5.77. The van der Waals surface area contributed by atoms with Crippen LogP contribution in [-0.4, -0.2) is 28.1 Å². The average molecular weight is 332 g/mol. The Morgan fingerprint density at radius 3 is 2.04 bits per heavy atom. The van der Waals surface area contributed by atoms with Crippen molar-refractivity contribution in [3.63, 3.8) is 0 Å². The van der Waals surface area contributed by atoms with Crippen molar-refractivity contribution >= 4 is 28.5 Å². The Balaban J connectivity index is 2.60. The molecule has 0 aliphatic carbocycles. The summed E-state index contributed by atoms with van der Waals surface area (Å²) < 4.78 is 10.8. The standard InChI is InChI=1S/C18H24N2O4/c1-17(2,3)23-15(21)13-11-9-10(19)7-8-12(11)20-14(13)16(22)24-18(4,5)6/h7-9,20H,19H2,1-6H3. The number of nitrogen functional groups attached to an aromatic ring is 1. The van der Waals surface area contributed by atoms with Crippen LogP contribution in [0.2, 0.25) is 0 Å². The van der Waals surface area contributed by atoms with E-state index in [0.717, 1.165) is 0 Å². The van der Waals surface area contributed by atoms with Crippen molar-refractivity contribution in [1.29, 1.82) is 0 Å². The van der Waals surface area contributed by atoms with Crippen molar-refractivity contribution in [2.24, 2.45) is 0 Å². The fourth-order valence-electron chi connectivity index (χ4n) is 2.23. The predicted molar refractivity (Wildman–Crippen MR) is 93.0 cm³/mol. The van der Waals surface area contributed by atoms with Crippen molar-refractivity contribution in [1.82, 2.24) is 4.98 Å². The van der Waals surface area contributed by atoms with Gasteiger partial charge in [-0.2, -0.15) is 0 Å². The highest BCUT2D eigenvalue weighted by molar-refractivity contribution is 6.13. The van der Waals surface area contributed by atoms with Gasteiger partial charge in [0.15, 0.2) is 0 Å². The summed E-state index contributed by atoms with van der Waals surface area (Å²) in [6.45, 7) is 10.6. The van der Waals surface area contributed by atoms with E-state index in [1.54, 1.807) is 59.7 Å². The molecule has 1 aromatic heterocycles. The number of rotatable bonds is 2. The number of fused-ring (bicyclic) bond motifs is 1. The summed E-state index contributed by atoms with van der Waals surface area (Å²) in [5, 5.41) is 0.533. The molecule has 0 saturated carbocycles. The predicted octanol–water partition coefficient (Wildman–Crippen LogP) is 3.66. The van der Waals surface area contributed by atoms with E-state index in [9.17, 15) is 9.59 Å². The number of carbonyl (C=O) groups excluding carboxylic acids is 2. The maximum atomic E-state index is 12.6. The minimum atomic E-state index is -0.688. The van der Waals surface area contributed by atoms with Crippen LogP contribution in [0.15, 0.2) is 18.2 Å². The van der Waals surface area contributed by atoms with Crippen molar-refractivity contribution in [2.45, 2.75) is 52.7 Å². The fourth-order valence-corrected chi connectivity index (χ4v) is 2.23. The molecule has 0 radical (unpaired) electrons. The van der Waals surface area contributed by atoms with Gasteiger partial charge in [0.2, 0.25) is 0 Å². The molecule has 130 valence electrons. The molecule has 0 aliphatic heterocycles. The zero-order valence-electron chi connectivity index (χ0n) is 14.9. The molecule has 0 amide bonds. The van der Waals surface area contributed by atoms with Crippen LogP contribution in [-0.2, 0) is 9.47 Å². The van der Waals surface area contributed by atoms with E-state index in [2.05, 4.69) is 4.98 Å². The lowest BCUT2D eigenvalue weighted by Crippen LogP contribution is -2.27. The molecule has 6 heteroatoms. The third kappa shape index (κ3) is 4.07. The molecule has 0 spiro atoms. The molecule has 0 aliphatic rings. The van der Waals surface area contributed by atoms with Crippen LogP contribution in [0.1, 0.15) is 62.4 Å². The summed E-state index contributed by atoms with van der Waals surface area (Å²) in [6, 6.07) is 5.04. The first kappa shape index (κ1) is 17.8. The van der Waals surface area contributed by atoms with Gasteiger partial charge in [0.25, 0.3) is 0 Å². The van der Waals surface area contributed by atoms with Gasteiger partial charge in [-0.25, -0.2) is 9.59 Å². The summed E-state index contributed by atoms with van der Waals surface area (Å²) >= 11 is 0. The number of nitrogens with one attached hydrogen (secondary N) is 1. The number of aromatic nitrogens is 1. The van der Waals surface area contributed by atoms with Gasteiger partial charge in [-0.05, 0) is 59.7 Å². The lowest BCUT2D eigenvalue weighted by molar-refractivity contribution is 0.00169. The molecule has 0 unspecified atom stereocenters. The average Bonchev–Trinajstić information content (AvgIpc) is 2.73. The van der Waals surface area contributed by atoms with E-state index in [0.29, 0.717) is 16.6 Å². The Kier molecular flexibility index (Phi) is 4.35. The van der Waals surface area contributed by atoms with Crippen molar-refractivity contribution in [2.75, 3.05) is 5.73 Å². The summed E-state index contributed by atoms with van der Waals surface area (Å²) in [6.07, 6.45) is 0. The number of esters is 2. The van der Waals surface area contributed by atoms with Crippen molar-refractivity contribution in [3.05, 3.63) is 29.5 Å². The highest BCUT2D eigenvalue weighted by Gasteiger charge is 2.30. The molecule has 1 heterocycles. The normalized spacial score (nSPS) is 12.2. The Hall–Kier alpha value is -2.50. The van der Waals surface area contributed by atoms with E-state index in [1.165, 1.54) is 0 Å². The fraction of sp³-hybridized carbons (Fsp3) is 0.444. The zero-order chi connectivity index (χ0) is 18.3. The third-order valence-corrected chi connectivity index (χ3v) is 3.03. The number of carbonyl (C=O) groups is 2. The number of hydrogen-bond acceptors (Lipinski definition) is 5. The molecule has 24 heavy (non-hydrogen) atoms. The second kappa shape index (κ2) is 5.85. The van der Waals surface area contributed by atoms with E-state index >= 15 is 0 Å². The van der Waals surface area contributed by atoms with Crippen LogP contribution in [0.5, 0.6) is 0 Å². The number of anilines is 1. The van der Waals surface area contributed by atoms with Gasteiger partial charge >= 0.3 is 11.9 Å². The largest absolute Gasteiger partial charge is 0.456 e. The van der Waals surface area contributed by atoms with E-state index in [4.69, 9.17) is 15.2 Å². The molecule has 0 atom stereocenters. The lowest BCUT2D eigenvalue weighted by Gasteiger charge is -2.21. The maximum absolute atomic E-state index is 12.6. The molecular formula is C18H24N2O4. The van der Waals surface area contributed by atoms with Crippen molar-refractivity contribution in [3.8, 4) is 0 Å². The van der Waals surface area contributed by atoms with E-state index in [1.807, 2.05) is 0 Å². The number of benzene rings is 1. The van der Waals surface area contributed by atoms with Crippen LogP contribution in [0.3, 0.4) is 0 Å². The molecular weight excluding hydrogens is 308 g/mol. The van der Waals surface area contributed by atoms with Crippen LogP contribution >= 0.6 is 0 Å². The Morgan fingerprint density at radius 1 is 0.958 bits per heavy atom. The first-order chi connectivity index (χ1) is 10.9. The van der Waals surface area contributed by atoms with Crippen LogP contribution in [0.25, 0.3) is 10.9 Å². The van der Waals surface area contributed by atoms with Gasteiger partial charge < -0.3 is 20.2 Å². The topological polar surface area (TPSA) is 94.4 Å². The monoisotopic (exact) mass is 332 g/mol. The van der Waals surface area contributed by atoms with Gasteiger partial charge in [0.05, 0.1) is 5.56 Å². The highest BCUT2D eigenvalue weighted by atomic mass is 16.6. The van der Waals surface area contributed by atoms with E-state index in [-0.39, 0.29) is 11.3 Å². The second-order valence-corrected chi connectivity index (χ2v) is 7.68. The molecule has 0 saturated heterocycles. The minimum Gasteiger partial charge on any atom is -0.456 e. The van der Waals surface area contributed by atoms with Gasteiger partial charge in [0, 0.05) is 16.6 Å². The highest BCUT2D eigenvalue weighted by Crippen LogP contribution is 2.28. The van der Waals surface area contributed by atoms with Gasteiger partial charge in [-0.3, -0.25) is 0 Å². The number of hydrogen-bond donors (Lipinski definition) is 2. The molecule has 6 nitrogen and oxygen atoms in total. The summed E-state index contributed by atoms with van der Waals surface area (Å²) in [5.74, 6) is -1.21. The van der Waals surface area contributed by atoms with E-state index < -0.39 is 23.1 Å². The Labute approximate surface area is 141 Å². The first-order valence-electron chi connectivity index (χ1n) is 7.75. The van der Waals surface area contributed by atoms with Crippen LogP contribution in [0.4, 0.5) is 5.69 Å². The van der Waals surface area contributed by atoms with Gasteiger partial charge in [-0.1, -0.05) is 0 Å². The first-order valence-corrected chi connectivity index (χ1v) is 7.75. The quantitative estimate of drug-likeness (QED) is 0.646. The zero-order valence-corrected chi connectivity index (χ0v) is 14.9. The lowest BCUT2D eigenvalue weighted by atomic mass is 10.1. The molecule has 0 fully saturated rings. The van der Waals surface area contributed by atoms with Crippen LogP contribution < -0.4 is 5.73 Å². The van der Waals surface area contributed by atoms with Gasteiger partial charge in [-0.15, -0.1) is 0 Å². The van der Waals surface area contributed by atoms with Crippen molar-refractivity contribution < 1.29 is 19.1 Å². The number of H-pyrrole nitrogens is 1. The third-order valence-electron chi connectivity index (χ3n) is 3.03. The molecule has 2 aromatic rings. The maximum Gasteiger partial charge on any atom is 0.356 e. The van der Waals surface area contributed by atoms with Crippen LogP contribution in [0, 0.1) is 0 Å². The minimum absolute atomic E-state index is 0.0692.